The van der Waals surface area contributed by atoms with E-state index < -0.39 is 0 Å². The molecule has 21 heavy (non-hydrogen) atoms. The Labute approximate surface area is 124 Å². The van der Waals surface area contributed by atoms with Crippen molar-refractivity contribution in [3.8, 4) is 0 Å². The van der Waals surface area contributed by atoms with Gasteiger partial charge in [0, 0.05) is 25.0 Å². The first-order valence-electron chi connectivity index (χ1n) is 6.92. The minimum atomic E-state index is -0.312. The normalized spacial score (nSPS) is 10.3. The zero-order valence-electron chi connectivity index (χ0n) is 12.5. The number of halogens is 1. The molecule has 0 saturated carbocycles. The van der Waals surface area contributed by atoms with Crippen LogP contribution in [0.3, 0.4) is 0 Å². The van der Waals surface area contributed by atoms with Crippen molar-refractivity contribution in [2.75, 3.05) is 23.8 Å². The summed E-state index contributed by atoms with van der Waals surface area (Å²) in [6.45, 7) is 4.39. The number of anilines is 2. The Bertz CT molecular complexity index is 638. The van der Waals surface area contributed by atoms with E-state index in [-0.39, 0.29) is 11.7 Å². The number of carbonyl (C=O) groups is 1. The van der Waals surface area contributed by atoms with E-state index in [2.05, 4.69) is 5.32 Å². The first-order chi connectivity index (χ1) is 10.1. The van der Waals surface area contributed by atoms with Gasteiger partial charge < -0.3 is 10.2 Å². The van der Waals surface area contributed by atoms with Gasteiger partial charge in [-0.3, -0.25) is 4.79 Å². The van der Waals surface area contributed by atoms with Gasteiger partial charge in [0.1, 0.15) is 5.82 Å². The quantitative estimate of drug-likeness (QED) is 0.926. The third kappa shape index (κ3) is 3.21. The predicted octanol–water partition coefficient (Wildman–Crippen LogP) is 3.84. The molecule has 0 atom stereocenters. The van der Waals surface area contributed by atoms with E-state index in [0.717, 1.165) is 11.3 Å². The highest BCUT2D eigenvalue weighted by Crippen LogP contribution is 2.23. The number of nitrogens with zero attached hydrogens (tertiary/aromatic N) is 1. The second-order valence-electron chi connectivity index (χ2n) is 4.82. The SMILES string of the molecule is CCN(C(=O)c1ccc(C)cc1NC)c1ccc(F)cc1. The van der Waals surface area contributed by atoms with Gasteiger partial charge in [-0.05, 0) is 55.8 Å². The van der Waals surface area contributed by atoms with Gasteiger partial charge in [-0.15, -0.1) is 0 Å². The molecule has 1 N–H and O–H groups in total. The summed E-state index contributed by atoms with van der Waals surface area (Å²) in [4.78, 5) is 14.4. The molecular formula is C17H19FN2O. The molecular weight excluding hydrogens is 267 g/mol. The van der Waals surface area contributed by atoms with Crippen molar-refractivity contribution in [2.45, 2.75) is 13.8 Å². The average Bonchev–Trinajstić information content (AvgIpc) is 2.49. The number of hydrogen-bond acceptors (Lipinski definition) is 2. The average molecular weight is 286 g/mol. The van der Waals surface area contributed by atoms with Crippen LogP contribution in [0, 0.1) is 12.7 Å². The molecule has 0 aliphatic rings. The Morgan fingerprint density at radius 2 is 1.86 bits per heavy atom. The van der Waals surface area contributed by atoms with Crippen molar-refractivity contribution in [1.29, 1.82) is 0 Å². The topological polar surface area (TPSA) is 32.3 Å². The van der Waals surface area contributed by atoms with Crippen LogP contribution in [-0.4, -0.2) is 19.5 Å². The summed E-state index contributed by atoms with van der Waals surface area (Å²) in [5, 5.41) is 3.05. The first kappa shape index (κ1) is 15.0. The Hall–Kier alpha value is -2.36. The molecule has 0 bridgehead atoms. The minimum absolute atomic E-state index is 0.103. The van der Waals surface area contributed by atoms with Crippen LogP contribution < -0.4 is 10.2 Å². The molecule has 2 aromatic rings. The summed E-state index contributed by atoms with van der Waals surface area (Å²) < 4.78 is 13.0. The maximum Gasteiger partial charge on any atom is 0.260 e. The second-order valence-corrected chi connectivity index (χ2v) is 4.82. The molecule has 0 unspecified atom stereocenters. The maximum absolute atomic E-state index is 13.0. The number of rotatable bonds is 4. The summed E-state index contributed by atoms with van der Waals surface area (Å²) in [5.74, 6) is -0.415. The second kappa shape index (κ2) is 6.39. The van der Waals surface area contributed by atoms with E-state index in [1.165, 1.54) is 12.1 Å². The first-order valence-corrected chi connectivity index (χ1v) is 6.92. The molecule has 0 radical (unpaired) electrons. The molecule has 2 rings (SSSR count). The monoisotopic (exact) mass is 286 g/mol. The zero-order chi connectivity index (χ0) is 15.4. The Morgan fingerprint density at radius 3 is 2.43 bits per heavy atom. The van der Waals surface area contributed by atoms with Crippen LogP contribution in [0.25, 0.3) is 0 Å². The van der Waals surface area contributed by atoms with E-state index >= 15 is 0 Å². The van der Waals surface area contributed by atoms with Crippen molar-refractivity contribution in [3.63, 3.8) is 0 Å². The summed E-state index contributed by atoms with van der Waals surface area (Å²) in [6.07, 6.45) is 0. The largest absolute Gasteiger partial charge is 0.387 e. The Balaban J connectivity index is 2.39. The molecule has 1 amide bonds. The molecule has 110 valence electrons. The van der Waals surface area contributed by atoms with E-state index in [9.17, 15) is 9.18 Å². The molecule has 0 aromatic heterocycles. The standard InChI is InChI=1S/C17H19FN2O/c1-4-20(14-8-6-13(18)7-9-14)17(21)15-10-5-12(2)11-16(15)19-3/h5-11,19H,4H2,1-3H3. The highest BCUT2D eigenvalue weighted by atomic mass is 19.1. The highest BCUT2D eigenvalue weighted by Gasteiger charge is 2.19. The van der Waals surface area contributed by atoms with E-state index in [0.29, 0.717) is 17.8 Å². The predicted molar refractivity (Wildman–Crippen MR) is 84.5 cm³/mol. The fourth-order valence-electron chi connectivity index (χ4n) is 2.26. The lowest BCUT2D eigenvalue weighted by Crippen LogP contribution is -2.31. The fourth-order valence-corrected chi connectivity index (χ4v) is 2.26. The van der Waals surface area contributed by atoms with Gasteiger partial charge in [0.25, 0.3) is 5.91 Å². The third-order valence-corrected chi connectivity index (χ3v) is 3.37. The van der Waals surface area contributed by atoms with Crippen LogP contribution in [0.5, 0.6) is 0 Å². The summed E-state index contributed by atoms with van der Waals surface area (Å²) in [6, 6.07) is 11.6. The summed E-state index contributed by atoms with van der Waals surface area (Å²) >= 11 is 0. The van der Waals surface area contributed by atoms with Gasteiger partial charge in [0.2, 0.25) is 0 Å². The highest BCUT2D eigenvalue weighted by molar-refractivity contribution is 6.09. The summed E-state index contributed by atoms with van der Waals surface area (Å²) in [7, 11) is 1.79. The molecule has 0 spiro atoms. The lowest BCUT2D eigenvalue weighted by molar-refractivity contribution is 0.0989. The van der Waals surface area contributed by atoms with Crippen molar-refractivity contribution in [2.24, 2.45) is 0 Å². The Kier molecular flexibility index (Phi) is 4.58. The number of carbonyl (C=O) groups excluding carboxylic acids is 1. The van der Waals surface area contributed by atoms with Gasteiger partial charge in [-0.2, -0.15) is 0 Å². The van der Waals surface area contributed by atoms with Gasteiger partial charge in [0.05, 0.1) is 5.56 Å². The van der Waals surface area contributed by atoms with Crippen molar-refractivity contribution < 1.29 is 9.18 Å². The summed E-state index contributed by atoms with van der Waals surface area (Å²) in [5.41, 5.74) is 3.17. The van der Waals surface area contributed by atoms with E-state index in [4.69, 9.17) is 0 Å². The molecule has 0 aliphatic carbocycles. The molecule has 0 heterocycles. The zero-order valence-corrected chi connectivity index (χ0v) is 12.5. The minimum Gasteiger partial charge on any atom is -0.387 e. The van der Waals surface area contributed by atoms with Gasteiger partial charge in [0.15, 0.2) is 0 Å². The molecule has 0 aliphatic heterocycles. The van der Waals surface area contributed by atoms with Crippen LogP contribution in [0.15, 0.2) is 42.5 Å². The lowest BCUT2D eigenvalue weighted by Gasteiger charge is -2.22. The maximum atomic E-state index is 13.0. The van der Waals surface area contributed by atoms with Crippen molar-refractivity contribution in [1.82, 2.24) is 0 Å². The van der Waals surface area contributed by atoms with Crippen molar-refractivity contribution in [3.05, 3.63) is 59.4 Å². The van der Waals surface area contributed by atoms with Crippen LogP contribution in [0.4, 0.5) is 15.8 Å². The molecule has 4 heteroatoms. The van der Waals surface area contributed by atoms with Crippen LogP contribution >= 0.6 is 0 Å². The number of nitrogens with one attached hydrogen (secondary N) is 1. The number of amides is 1. The van der Waals surface area contributed by atoms with Crippen LogP contribution in [0.1, 0.15) is 22.8 Å². The number of hydrogen-bond donors (Lipinski definition) is 1. The van der Waals surface area contributed by atoms with Crippen LogP contribution in [-0.2, 0) is 0 Å². The fraction of sp³-hybridized carbons (Fsp3) is 0.235. The molecule has 0 saturated heterocycles. The van der Waals surface area contributed by atoms with Crippen molar-refractivity contribution >= 4 is 17.3 Å². The van der Waals surface area contributed by atoms with Gasteiger partial charge in [-0.1, -0.05) is 6.07 Å². The van der Waals surface area contributed by atoms with E-state index in [1.807, 2.05) is 32.0 Å². The van der Waals surface area contributed by atoms with E-state index in [1.54, 1.807) is 24.1 Å². The number of benzene rings is 2. The molecule has 2 aromatic carbocycles. The van der Waals surface area contributed by atoms with Gasteiger partial charge in [-0.25, -0.2) is 4.39 Å². The smallest absolute Gasteiger partial charge is 0.260 e. The third-order valence-electron chi connectivity index (χ3n) is 3.37. The lowest BCUT2D eigenvalue weighted by atomic mass is 10.1. The van der Waals surface area contributed by atoms with Gasteiger partial charge >= 0.3 is 0 Å². The number of aryl methyl sites for hydroxylation is 1. The molecule has 3 nitrogen and oxygen atoms in total. The Morgan fingerprint density at radius 1 is 1.19 bits per heavy atom. The van der Waals surface area contributed by atoms with Crippen LogP contribution in [0.2, 0.25) is 0 Å². The molecule has 0 fully saturated rings.